The average Bonchev–Trinajstić information content (AvgIpc) is 2.72. The molecule has 0 bridgehead atoms. The van der Waals surface area contributed by atoms with Gasteiger partial charge in [0.2, 0.25) is 5.91 Å². The minimum Gasteiger partial charge on any atom is -0.394 e. The van der Waals surface area contributed by atoms with Crippen LogP contribution in [0.3, 0.4) is 0 Å². The highest BCUT2D eigenvalue weighted by Crippen LogP contribution is 2.14. The molecule has 0 unspecified atom stereocenters. The molecule has 0 fully saturated rings. The monoisotopic (exact) mass is 415 g/mol. The van der Waals surface area contributed by atoms with Crippen LogP contribution in [-0.2, 0) is 4.79 Å². The third kappa shape index (κ3) is 16.8. The highest BCUT2D eigenvalue weighted by molar-refractivity contribution is 5.76. The van der Waals surface area contributed by atoms with Crippen molar-refractivity contribution in [1.82, 2.24) is 5.32 Å². The summed E-state index contributed by atoms with van der Waals surface area (Å²) < 4.78 is 0. The minimum absolute atomic E-state index is 0.157. The van der Waals surface area contributed by atoms with E-state index in [1.165, 1.54) is 57.8 Å². The standard InChI is InChI=1S/C24H49NO4/c1-3-5-7-9-11-13-14-16-18-22(27)24(29)21(20-26)25-23(28)19-17-15-12-10-8-6-4-2/h21-22,24,26-27,29H,3-20H2,1-2H3,(H,25,28)/t21-,22+,24-/m0/s1. The number of carbonyl (C=O) groups excluding carboxylic acids is 1. The van der Waals surface area contributed by atoms with Crippen LogP contribution in [0.25, 0.3) is 0 Å². The molecule has 1 amide bonds. The first-order valence-corrected chi connectivity index (χ1v) is 12.3. The van der Waals surface area contributed by atoms with Crippen LogP contribution in [0.15, 0.2) is 0 Å². The molecule has 174 valence electrons. The molecular formula is C24H49NO4. The molecule has 0 radical (unpaired) electrons. The van der Waals surface area contributed by atoms with Gasteiger partial charge in [-0.25, -0.2) is 0 Å². The first-order chi connectivity index (χ1) is 14.1. The summed E-state index contributed by atoms with van der Waals surface area (Å²) in [6, 6.07) is -0.795. The van der Waals surface area contributed by atoms with Gasteiger partial charge in [0.05, 0.1) is 18.8 Å². The lowest BCUT2D eigenvalue weighted by atomic mass is 9.99. The van der Waals surface area contributed by atoms with Gasteiger partial charge in [0.1, 0.15) is 6.10 Å². The quantitative estimate of drug-likeness (QED) is 0.202. The Balaban J connectivity index is 3.87. The predicted octanol–water partition coefficient (Wildman–Crippen LogP) is 4.86. The Morgan fingerprint density at radius 2 is 1.17 bits per heavy atom. The van der Waals surface area contributed by atoms with Crippen molar-refractivity contribution in [2.24, 2.45) is 0 Å². The molecule has 0 saturated carbocycles. The highest BCUT2D eigenvalue weighted by atomic mass is 16.3. The molecule has 0 spiro atoms. The second-order valence-corrected chi connectivity index (χ2v) is 8.55. The van der Waals surface area contributed by atoms with Crippen molar-refractivity contribution in [3.05, 3.63) is 0 Å². The zero-order valence-electron chi connectivity index (χ0n) is 19.2. The highest BCUT2D eigenvalue weighted by Gasteiger charge is 2.26. The van der Waals surface area contributed by atoms with Crippen LogP contribution in [0.5, 0.6) is 0 Å². The van der Waals surface area contributed by atoms with E-state index in [1.54, 1.807) is 0 Å². The third-order valence-corrected chi connectivity index (χ3v) is 5.71. The van der Waals surface area contributed by atoms with Crippen LogP contribution in [-0.4, -0.2) is 46.1 Å². The molecule has 5 nitrogen and oxygen atoms in total. The smallest absolute Gasteiger partial charge is 0.220 e. The van der Waals surface area contributed by atoms with Gasteiger partial charge in [0, 0.05) is 6.42 Å². The van der Waals surface area contributed by atoms with E-state index in [0.717, 1.165) is 38.5 Å². The van der Waals surface area contributed by atoms with Gasteiger partial charge in [0.25, 0.3) is 0 Å². The van der Waals surface area contributed by atoms with Crippen LogP contribution >= 0.6 is 0 Å². The zero-order chi connectivity index (χ0) is 21.7. The molecule has 29 heavy (non-hydrogen) atoms. The number of aliphatic hydroxyl groups excluding tert-OH is 3. The largest absolute Gasteiger partial charge is 0.394 e. The summed E-state index contributed by atoms with van der Waals surface area (Å²) in [7, 11) is 0. The van der Waals surface area contributed by atoms with E-state index >= 15 is 0 Å². The van der Waals surface area contributed by atoms with Crippen molar-refractivity contribution in [2.75, 3.05) is 6.61 Å². The van der Waals surface area contributed by atoms with Crippen LogP contribution < -0.4 is 5.32 Å². The van der Waals surface area contributed by atoms with Crippen LogP contribution in [0.1, 0.15) is 123 Å². The fourth-order valence-corrected chi connectivity index (χ4v) is 3.69. The van der Waals surface area contributed by atoms with Crippen molar-refractivity contribution in [3.8, 4) is 0 Å². The van der Waals surface area contributed by atoms with Crippen molar-refractivity contribution in [3.63, 3.8) is 0 Å². The van der Waals surface area contributed by atoms with E-state index in [1.807, 2.05) is 0 Å². The predicted molar refractivity (Wildman–Crippen MR) is 121 cm³/mol. The van der Waals surface area contributed by atoms with Gasteiger partial charge in [-0.1, -0.05) is 104 Å². The molecule has 0 aliphatic rings. The minimum atomic E-state index is -1.12. The second-order valence-electron chi connectivity index (χ2n) is 8.55. The van der Waals surface area contributed by atoms with E-state index in [2.05, 4.69) is 19.2 Å². The van der Waals surface area contributed by atoms with Gasteiger partial charge >= 0.3 is 0 Å². The number of amides is 1. The molecule has 4 N–H and O–H groups in total. The first-order valence-electron chi connectivity index (χ1n) is 12.3. The van der Waals surface area contributed by atoms with Gasteiger partial charge < -0.3 is 20.6 Å². The average molecular weight is 416 g/mol. The lowest BCUT2D eigenvalue weighted by Crippen LogP contribution is -2.50. The molecule has 3 atom stereocenters. The Kier molecular flexibility index (Phi) is 20.2. The summed E-state index contributed by atoms with van der Waals surface area (Å²) in [5, 5.41) is 32.7. The topological polar surface area (TPSA) is 89.8 Å². The molecule has 0 rings (SSSR count). The van der Waals surface area contributed by atoms with Crippen LogP contribution in [0, 0.1) is 0 Å². The maximum Gasteiger partial charge on any atom is 0.220 e. The Morgan fingerprint density at radius 1 is 0.724 bits per heavy atom. The van der Waals surface area contributed by atoms with Crippen molar-refractivity contribution in [2.45, 2.75) is 141 Å². The van der Waals surface area contributed by atoms with Gasteiger partial charge in [-0.05, 0) is 12.8 Å². The normalized spacial score (nSPS) is 14.5. The molecule has 0 saturated heterocycles. The molecule has 0 aliphatic carbocycles. The Labute approximate surface area is 179 Å². The van der Waals surface area contributed by atoms with Gasteiger partial charge in [0.15, 0.2) is 0 Å². The summed E-state index contributed by atoms with van der Waals surface area (Å²) in [4.78, 5) is 12.1. The fourth-order valence-electron chi connectivity index (χ4n) is 3.69. The molecule has 0 heterocycles. The summed E-state index contributed by atoms with van der Waals surface area (Å²) in [6.07, 6.45) is 16.3. The lowest BCUT2D eigenvalue weighted by molar-refractivity contribution is -0.124. The number of nitrogens with one attached hydrogen (secondary N) is 1. The number of carbonyl (C=O) groups is 1. The van der Waals surface area contributed by atoms with E-state index in [0.29, 0.717) is 12.8 Å². The van der Waals surface area contributed by atoms with Gasteiger partial charge in [-0.2, -0.15) is 0 Å². The molecule has 0 aromatic carbocycles. The van der Waals surface area contributed by atoms with Gasteiger partial charge in [-0.15, -0.1) is 0 Å². The molecule has 0 aliphatic heterocycles. The van der Waals surface area contributed by atoms with Crippen molar-refractivity contribution < 1.29 is 20.1 Å². The number of hydrogen-bond acceptors (Lipinski definition) is 4. The maximum atomic E-state index is 12.1. The summed E-state index contributed by atoms with van der Waals surface area (Å²) in [5.74, 6) is -0.157. The van der Waals surface area contributed by atoms with E-state index < -0.39 is 18.2 Å². The van der Waals surface area contributed by atoms with E-state index in [4.69, 9.17) is 0 Å². The maximum absolute atomic E-state index is 12.1. The van der Waals surface area contributed by atoms with Crippen molar-refractivity contribution in [1.29, 1.82) is 0 Å². The zero-order valence-corrected chi connectivity index (χ0v) is 19.2. The molecule has 5 heteroatoms. The molecule has 0 aromatic heterocycles. The third-order valence-electron chi connectivity index (χ3n) is 5.71. The number of hydrogen-bond donors (Lipinski definition) is 4. The SMILES string of the molecule is CCCCCCCCCC[C@@H](O)[C@@H](O)[C@H](CO)NC(=O)CCCCCCCCC. The van der Waals surface area contributed by atoms with E-state index in [-0.39, 0.29) is 12.5 Å². The van der Waals surface area contributed by atoms with Crippen molar-refractivity contribution >= 4 is 5.91 Å². The summed E-state index contributed by atoms with van der Waals surface area (Å²) >= 11 is 0. The molecular weight excluding hydrogens is 366 g/mol. The fraction of sp³-hybridized carbons (Fsp3) is 0.958. The van der Waals surface area contributed by atoms with Crippen LogP contribution in [0.4, 0.5) is 0 Å². The first kappa shape index (κ1) is 28.4. The lowest BCUT2D eigenvalue weighted by Gasteiger charge is -2.26. The van der Waals surface area contributed by atoms with Gasteiger partial charge in [-0.3, -0.25) is 4.79 Å². The Hall–Kier alpha value is -0.650. The number of aliphatic hydroxyl groups is 3. The number of unbranched alkanes of at least 4 members (excludes halogenated alkanes) is 13. The van der Waals surface area contributed by atoms with Crippen LogP contribution in [0.2, 0.25) is 0 Å². The Morgan fingerprint density at radius 3 is 1.66 bits per heavy atom. The molecule has 0 aromatic rings. The summed E-state index contributed by atoms with van der Waals surface area (Å²) in [5.41, 5.74) is 0. The van der Waals surface area contributed by atoms with E-state index in [9.17, 15) is 20.1 Å². The number of rotatable bonds is 21. The Bertz CT molecular complexity index is 365. The summed E-state index contributed by atoms with van der Waals surface area (Å²) in [6.45, 7) is 4.05. The second kappa shape index (κ2) is 20.6.